The smallest absolute Gasteiger partial charge is 0.195 e. The molecular formula is C14H17N3S. The van der Waals surface area contributed by atoms with Gasteiger partial charge in [0.25, 0.3) is 0 Å². The summed E-state index contributed by atoms with van der Waals surface area (Å²) >= 11 is 5.30. The molecule has 1 aliphatic rings. The summed E-state index contributed by atoms with van der Waals surface area (Å²) in [6.07, 6.45) is 1.18. The van der Waals surface area contributed by atoms with Gasteiger partial charge in [-0.15, -0.1) is 0 Å². The lowest BCUT2D eigenvalue weighted by Gasteiger charge is -2.10. The summed E-state index contributed by atoms with van der Waals surface area (Å²) in [4.78, 5) is 0. The average molecular weight is 259 g/mol. The third-order valence-electron chi connectivity index (χ3n) is 3.60. The van der Waals surface area contributed by atoms with Crippen LogP contribution in [0.4, 0.5) is 0 Å². The SMILES string of the molecule is CC(C)n1c(C2CC2c2ccccc2)n[nH]c1=S. The van der Waals surface area contributed by atoms with Crippen molar-refractivity contribution in [2.75, 3.05) is 0 Å². The van der Waals surface area contributed by atoms with E-state index in [1.807, 2.05) is 0 Å². The van der Waals surface area contributed by atoms with E-state index in [1.165, 1.54) is 12.0 Å². The first-order valence-corrected chi connectivity index (χ1v) is 6.81. The molecule has 0 bridgehead atoms. The molecule has 0 spiro atoms. The van der Waals surface area contributed by atoms with Crippen molar-refractivity contribution in [3.8, 4) is 0 Å². The molecule has 0 saturated heterocycles. The number of H-pyrrole nitrogens is 1. The number of aromatic amines is 1. The molecule has 1 saturated carbocycles. The van der Waals surface area contributed by atoms with E-state index in [9.17, 15) is 0 Å². The van der Waals surface area contributed by atoms with E-state index in [1.54, 1.807) is 0 Å². The summed E-state index contributed by atoms with van der Waals surface area (Å²) < 4.78 is 2.88. The van der Waals surface area contributed by atoms with Gasteiger partial charge in [-0.25, -0.2) is 0 Å². The van der Waals surface area contributed by atoms with Crippen molar-refractivity contribution in [3.05, 3.63) is 46.5 Å². The Morgan fingerprint density at radius 1 is 1.28 bits per heavy atom. The molecule has 1 N–H and O–H groups in total. The fourth-order valence-electron chi connectivity index (χ4n) is 2.63. The molecule has 2 atom stereocenters. The molecular weight excluding hydrogens is 242 g/mol. The summed E-state index contributed by atoms with van der Waals surface area (Å²) in [6.45, 7) is 4.30. The lowest BCUT2D eigenvalue weighted by Crippen LogP contribution is -2.06. The minimum Gasteiger partial charge on any atom is -0.301 e. The quantitative estimate of drug-likeness (QED) is 0.851. The van der Waals surface area contributed by atoms with E-state index >= 15 is 0 Å². The van der Waals surface area contributed by atoms with Crippen LogP contribution < -0.4 is 0 Å². The predicted octanol–water partition coefficient (Wildman–Crippen LogP) is 3.79. The van der Waals surface area contributed by atoms with Crippen LogP contribution in [0.3, 0.4) is 0 Å². The standard InChI is InChI=1S/C14H17N3S/c1-9(2)17-13(15-16-14(17)18)12-8-11(12)10-6-4-3-5-7-10/h3-7,9,11-12H,8H2,1-2H3,(H,16,18). The van der Waals surface area contributed by atoms with E-state index in [-0.39, 0.29) is 0 Å². The molecule has 1 heterocycles. The monoisotopic (exact) mass is 259 g/mol. The Labute approximate surface area is 112 Å². The zero-order chi connectivity index (χ0) is 12.7. The molecule has 2 unspecified atom stereocenters. The first kappa shape index (κ1) is 11.7. The molecule has 0 aliphatic heterocycles. The van der Waals surface area contributed by atoms with Gasteiger partial charge in [0.2, 0.25) is 0 Å². The summed E-state index contributed by atoms with van der Waals surface area (Å²) in [6, 6.07) is 11.0. The number of nitrogens with zero attached hydrogens (tertiary/aromatic N) is 2. The molecule has 1 aromatic carbocycles. The molecule has 2 aromatic rings. The first-order chi connectivity index (χ1) is 8.68. The average Bonchev–Trinajstić information content (AvgIpc) is 3.07. The maximum atomic E-state index is 5.30. The van der Waals surface area contributed by atoms with Crippen LogP contribution in [0.25, 0.3) is 0 Å². The largest absolute Gasteiger partial charge is 0.301 e. The second kappa shape index (κ2) is 4.35. The maximum Gasteiger partial charge on any atom is 0.195 e. The van der Waals surface area contributed by atoms with E-state index in [0.717, 1.165) is 10.6 Å². The molecule has 4 heteroatoms. The Morgan fingerprint density at radius 2 is 2.00 bits per heavy atom. The highest BCUT2D eigenvalue weighted by Gasteiger charge is 2.43. The summed E-state index contributed by atoms with van der Waals surface area (Å²) in [5.41, 5.74) is 1.41. The molecule has 0 radical (unpaired) electrons. The van der Waals surface area contributed by atoms with Crippen molar-refractivity contribution in [2.24, 2.45) is 0 Å². The van der Waals surface area contributed by atoms with E-state index < -0.39 is 0 Å². The minimum absolute atomic E-state index is 0.364. The molecule has 18 heavy (non-hydrogen) atoms. The Bertz CT molecular complexity index is 597. The lowest BCUT2D eigenvalue weighted by molar-refractivity contribution is 0.560. The normalized spacial score (nSPS) is 22.4. The number of benzene rings is 1. The predicted molar refractivity (Wildman–Crippen MR) is 74.3 cm³/mol. The van der Waals surface area contributed by atoms with Gasteiger partial charge in [-0.2, -0.15) is 5.10 Å². The second-order valence-corrected chi connectivity index (χ2v) is 5.60. The number of aromatic nitrogens is 3. The molecule has 3 rings (SSSR count). The van der Waals surface area contributed by atoms with Crippen LogP contribution in [0.1, 0.15) is 49.5 Å². The number of nitrogens with one attached hydrogen (secondary N) is 1. The van der Waals surface area contributed by atoms with Crippen LogP contribution in [0.2, 0.25) is 0 Å². The summed E-state index contributed by atoms with van der Waals surface area (Å²) in [5.74, 6) is 2.24. The zero-order valence-corrected chi connectivity index (χ0v) is 11.4. The first-order valence-electron chi connectivity index (χ1n) is 6.40. The molecule has 1 aromatic heterocycles. The highest BCUT2D eigenvalue weighted by atomic mass is 32.1. The molecule has 94 valence electrons. The van der Waals surface area contributed by atoms with Crippen molar-refractivity contribution in [1.29, 1.82) is 0 Å². The van der Waals surface area contributed by atoms with Crippen molar-refractivity contribution in [2.45, 2.75) is 38.1 Å². The third-order valence-corrected chi connectivity index (χ3v) is 3.89. The fraction of sp³-hybridized carbons (Fsp3) is 0.429. The van der Waals surface area contributed by atoms with Crippen LogP contribution in [0.15, 0.2) is 30.3 Å². The van der Waals surface area contributed by atoms with Crippen LogP contribution in [0, 0.1) is 4.77 Å². The summed E-state index contributed by atoms with van der Waals surface area (Å²) in [5, 5.41) is 7.35. The highest BCUT2D eigenvalue weighted by Crippen LogP contribution is 2.54. The Balaban J connectivity index is 1.89. The van der Waals surface area contributed by atoms with Gasteiger partial charge >= 0.3 is 0 Å². The molecule has 1 fully saturated rings. The van der Waals surface area contributed by atoms with Crippen LogP contribution in [-0.4, -0.2) is 14.8 Å². The molecule has 3 nitrogen and oxygen atoms in total. The van der Waals surface area contributed by atoms with Gasteiger partial charge in [-0.05, 0) is 44.0 Å². The van der Waals surface area contributed by atoms with Crippen molar-refractivity contribution in [3.63, 3.8) is 0 Å². The van der Waals surface area contributed by atoms with Gasteiger partial charge in [0.05, 0.1) is 0 Å². The Hall–Kier alpha value is -1.42. The second-order valence-electron chi connectivity index (χ2n) is 5.21. The third kappa shape index (κ3) is 1.90. The fourth-order valence-corrected chi connectivity index (χ4v) is 2.98. The topological polar surface area (TPSA) is 33.6 Å². The number of rotatable bonds is 3. The van der Waals surface area contributed by atoms with Gasteiger partial charge in [0, 0.05) is 12.0 Å². The summed E-state index contributed by atoms with van der Waals surface area (Å²) in [7, 11) is 0. The molecule has 0 amide bonds. The van der Waals surface area contributed by atoms with Gasteiger partial charge in [-0.3, -0.25) is 5.10 Å². The van der Waals surface area contributed by atoms with Gasteiger partial charge in [-0.1, -0.05) is 30.3 Å². The van der Waals surface area contributed by atoms with Gasteiger partial charge in [0.15, 0.2) is 4.77 Å². The zero-order valence-electron chi connectivity index (χ0n) is 10.6. The van der Waals surface area contributed by atoms with E-state index in [4.69, 9.17) is 12.2 Å². The number of hydrogen-bond donors (Lipinski definition) is 1. The van der Waals surface area contributed by atoms with Crippen molar-refractivity contribution >= 4 is 12.2 Å². The van der Waals surface area contributed by atoms with Gasteiger partial charge in [0.1, 0.15) is 5.82 Å². The van der Waals surface area contributed by atoms with Crippen LogP contribution in [0.5, 0.6) is 0 Å². The molecule has 1 aliphatic carbocycles. The van der Waals surface area contributed by atoms with E-state index in [2.05, 4.69) is 58.9 Å². The van der Waals surface area contributed by atoms with Crippen LogP contribution >= 0.6 is 12.2 Å². The maximum absolute atomic E-state index is 5.30. The van der Waals surface area contributed by atoms with Crippen LogP contribution in [-0.2, 0) is 0 Å². The Morgan fingerprint density at radius 3 is 2.67 bits per heavy atom. The van der Waals surface area contributed by atoms with Crippen molar-refractivity contribution < 1.29 is 0 Å². The highest BCUT2D eigenvalue weighted by molar-refractivity contribution is 7.71. The minimum atomic E-state index is 0.364. The van der Waals surface area contributed by atoms with Gasteiger partial charge < -0.3 is 4.57 Å². The lowest BCUT2D eigenvalue weighted by atomic mass is 10.1. The van der Waals surface area contributed by atoms with E-state index in [0.29, 0.717) is 17.9 Å². The van der Waals surface area contributed by atoms with Crippen molar-refractivity contribution in [1.82, 2.24) is 14.8 Å². The Kier molecular flexibility index (Phi) is 2.82. The number of hydrogen-bond acceptors (Lipinski definition) is 2.